The zero-order valence-electron chi connectivity index (χ0n) is 20.5. The molecule has 192 valence electrons. The predicted octanol–water partition coefficient (Wildman–Crippen LogP) is 2.81. The van der Waals surface area contributed by atoms with E-state index in [1.807, 2.05) is 6.07 Å². The van der Waals surface area contributed by atoms with Gasteiger partial charge in [-0.05, 0) is 49.1 Å². The second-order valence-corrected chi connectivity index (χ2v) is 10.8. The minimum Gasteiger partial charge on any atom is -0.496 e. The van der Waals surface area contributed by atoms with Gasteiger partial charge in [-0.25, -0.2) is 4.39 Å². The van der Waals surface area contributed by atoms with Crippen molar-refractivity contribution < 1.29 is 27.1 Å². The first-order chi connectivity index (χ1) is 16.7. The molecule has 2 aromatic rings. The van der Waals surface area contributed by atoms with Crippen LogP contribution in [0.5, 0.6) is 5.75 Å². The highest BCUT2D eigenvalue weighted by Crippen LogP contribution is 2.36. The Kier molecular flexibility index (Phi) is 9.23. The SMILES string of the molecule is COCCN(C)S(=O)(=O)N1CCCC(CNC(=O)c2ccccc2OC)(c2cccc(F)c2)CC1. The Bertz CT molecular complexity index is 1110. The minimum atomic E-state index is -3.67. The molecule has 35 heavy (non-hydrogen) atoms. The monoisotopic (exact) mass is 507 g/mol. The van der Waals surface area contributed by atoms with Gasteiger partial charge in [0.1, 0.15) is 11.6 Å². The van der Waals surface area contributed by atoms with Gasteiger partial charge in [-0.3, -0.25) is 4.79 Å². The molecule has 0 aromatic heterocycles. The number of rotatable bonds is 10. The summed E-state index contributed by atoms with van der Waals surface area (Å²) in [7, 11) is 0.893. The molecule has 1 fully saturated rings. The van der Waals surface area contributed by atoms with Crippen LogP contribution >= 0.6 is 0 Å². The van der Waals surface area contributed by atoms with Crippen LogP contribution in [0, 0.1) is 5.82 Å². The van der Waals surface area contributed by atoms with Crippen molar-refractivity contribution in [2.24, 2.45) is 0 Å². The first kappa shape index (κ1) is 27.1. The van der Waals surface area contributed by atoms with E-state index in [0.29, 0.717) is 43.7 Å². The van der Waals surface area contributed by atoms with Crippen LogP contribution in [0.1, 0.15) is 35.2 Å². The van der Waals surface area contributed by atoms with E-state index in [-0.39, 0.29) is 31.4 Å². The zero-order chi connectivity index (χ0) is 25.5. The number of benzene rings is 2. The van der Waals surface area contributed by atoms with Crippen molar-refractivity contribution in [3.05, 3.63) is 65.5 Å². The lowest BCUT2D eigenvalue weighted by atomic mass is 9.74. The Morgan fingerprint density at radius 2 is 1.91 bits per heavy atom. The van der Waals surface area contributed by atoms with E-state index in [0.717, 1.165) is 5.56 Å². The first-order valence-electron chi connectivity index (χ1n) is 11.6. The molecular weight excluding hydrogens is 473 g/mol. The highest BCUT2D eigenvalue weighted by Gasteiger charge is 2.38. The van der Waals surface area contributed by atoms with Crippen molar-refractivity contribution in [3.8, 4) is 5.75 Å². The molecule has 0 saturated carbocycles. The molecular formula is C25H34FN3O5S. The molecule has 8 nitrogen and oxygen atoms in total. The molecule has 1 unspecified atom stereocenters. The fourth-order valence-electron chi connectivity index (χ4n) is 4.50. The molecule has 1 atom stereocenters. The highest BCUT2D eigenvalue weighted by atomic mass is 32.2. The summed E-state index contributed by atoms with van der Waals surface area (Å²) in [5, 5.41) is 3.00. The van der Waals surface area contributed by atoms with Gasteiger partial charge in [-0.15, -0.1) is 0 Å². The van der Waals surface area contributed by atoms with Gasteiger partial charge in [0.15, 0.2) is 0 Å². The maximum absolute atomic E-state index is 14.2. The van der Waals surface area contributed by atoms with Crippen LogP contribution in [0.25, 0.3) is 0 Å². The molecule has 0 spiro atoms. The Morgan fingerprint density at radius 1 is 1.14 bits per heavy atom. The van der Waals surface area contributed by atoms with E-state index in [2.05, 4.69) is 5.32 Å². The summed E-state index contributed by atoms with van der Waals surface area (Å²) < 4.78 is 53.5. The van der Waals surface area contributed by atoms with Crippen LogP contribution in [-0.4, -0.2) is 77.0 Å². The second-order valence-electron chi connectivity index (χ2n) is 8.75. The number of carbonyl (C=O) groups excluding carboxylic acids is 1. The number of hydrogen-bond donors (Lipinski definition) is 1. The average molecular weight is 508 g/mol. The predicted molar refractivity (Wildman–Crippen MR) is 132 cm³/mol. The molecule has 0 aliphatic carbocycles. The zero-order valence-corrected chi connectivity index (χ0v) is 21.3. The number of para-hydroxylation sites is 1. The van der Waals surface area contributed by atoms with Crippen molar-refractivity contribution in [1.29, 1.82) is 0 Å². The van der Waals surface area contributed by atoms with Gasteiger partial charge in [0, 0.05) is 45.8 Å². The molecule has 1 aliphatic rings. The van der Waals surface area contributed by atoms with Gasteiger partial charge < -0.3 is 14.8 Å². The van der Waals surface area contributed by atoms with Crippen LogP contribution in [0.4, 0.5) is 4.39 Å². The third-order valence-corrected chi connectivity index (χ3v) is 8.60. The minimum absolute atomic E-state index is 0.237. The summed E-state index contributed by atoms with van der Waals surface area (Å²) in [4.78, 5) is 13.0. The van der Waals surface area contributed by atoms with Crippen LogP contribution < -0.4 is 10.1 Å². The van der Waals surface area contributed by atoms with Crippen molar-refractivity contribution in [2.75, 3.05) is 54.1 Å². The molecule has 1 heterocycles. The maximum Gasteiger partial charge on any atom is 0.281 e. The van der Waals surface area contributed by atoms with Crippen molar-refractivity contribution in [3.63, 3.8) is 0 Å². The normalized spacial score (nSPS) is 19.3. The molecule has 1 N–H and O–H groups in total. The van der Waals surface area contributed by atoms with E-state index in [9.17, 15) is 17.6 Å². The molecule has 2 aromatic carbocycles. The number of carbonyl (C=O) groups is 1. The Labute approximate surface area is 207 Å². The topological polar surface area (TPSA) is 88.2 Å². The summed E-state index contributed by atoms with van der Waals surface area (Å²) in [5.41, 5.74) is 0.515. The summed E-state index contributed by atoms with van der Waals surface area (Å²) in [5.74, 6) is -0.209. The summed E-state index contributed by atoms with van der Waals surface area (Å²) in [6.45, 7) is 1.38. The fourth-order valence-corrected chi connectivity index (χ4v) is 5.88. The lowest BCUT2D eigenvalue weighted by molar-refractivity contribution is 0.0937. The molecule has 1 aliphatic heterocycles. The van der Waals surface area contributed by atoms with Gasteiger partial charge in [0.05, 0.1) is 19.3 Å². The number of halogens is 1. The third-order valence-electron chi connectivity index (χ3n) is 6.61. The van der Waals surface area contributed by atoms with Gasteiger partial charge in [0.25, 0.3) is 16.1 Å². The Morgan fingerprint density at radius 3 is 2.63 bits per heavy atom. The molecule has 1 amide bonds. The number of nitrogens with one attached hydrogen (secondary N) is 1. The van der Waals surface area contributed by atoms with Crippen LogP contribution in [0.2, 0.25) is 0 Å². The number of amides is 1. The van der Waals surface area contributed by atoms with E-state index >= 15 is 0 Å². The number of methoxy groups -OCH3 is 2. The van der Waals surface area contributed by atoms with E-state index in [1.54, 1.807) is 30.3 Å². The average Bonchev–Trinajstić information content (AvgIpc) is 3.10. The molecule has 0 bridgehead atoms. The van der Waals surface area contributed by atoms with E-state index in [4.69, 9.17) is 9.47 Å². The fraction of sp³-hybridized carbons (Fsp3) is 0.480. The van der Waals surface area contributed by atoms with Crippen molar-refractivity contribution >= 4 is 16.1 Å². The molecule has 3 rings (SSSR count). The molecule has 1 saturated heterocycles. The van der Waals surface area contributed by atoms with E-state index in [1.165, 1.54) is 42.0 Å². The first-order valence-corrected chi connectivity index (χ1v) is 13.0. The molecule has 10 heteroatoms. The second kappa shape index (κ2) is 11.9. The standard InChI is InChI=1S/C25H34FN3O5S/c1-28(16-17-33-2)35(31,32)29-14-7-12-25(13-15-29,20-8-6-9-21(26)18-20)19-27-24(30)22-10-4-5-11-23(22)34-3/h4-6,8-11,18H,7,12-17,19H2,1-3H3,(H,27,30). The van der Waals surface area contributed by atoms with E-state index < -0.39 is 15.6 Å². The van der Waals surface area contributed by atoms with Gasteiger partial charge in [-0.1, -0.05) is 24.3 Å². The van der Waals surface area contributed by atoms with Crippen LogP contribution in [-0.2, 0) is 20.4 Å². The largest absolute Gasteiger partial charge is 0.496 e. The van der Waals surface area contributed by atoms with Gasteiger partial charge >= 0.3 is 0 Å². The van der Waals surface area contributed by atoms with Crippen LogP contribution in [0.15, 0.2) is 48.5 Å². The number of likely N-dealkylation sites (N-methyl/N-ethyl adjacent to an activating group) is 1. The molecule has 0 radical (unpaired) electrons. The summed E-state index contributed by atoms with van der Waals surface area (Å²) in [6.07, 6.45) is 1.59. The maximum atomic E-state index is 14.2. The lowest BCUT2D eigenvalue weighted by Crippen LogP contribution is -2.45. The van der Waals surface area contributed by atoms with Gasteiger partial charge in [-0.2, -0.15) is 17.0 Å². The van der Waals surface area contributed by atoms with Crippen molar-refractivity contribution in [2.45, 2.75) is 24.7 Å². The number of nitrogens with zero attached hydrogens (tertiary/aromatic N) is 2. The quantitative estimate of drug-likeness (QED) is 0.534. The summed E-state index contributed by atoms with van der Waals surface area (Å²) >= 11 is 0. The third kappa shape index (κ3) is 6.38. The number of ether oxygens (including phenoxy) is 2. The Hall–Kier alpha value is -2.53. The van der Waals surface area contributed by atoms with Crippen LogP contribution in [0.3, 0.4) is 0 Å². The Balaban J connectivity index is 1.85. The van der Waals surface area contributed by atoms with Gasteiger partial charge in [0.2, 0.25) is 0 Å². The highest BCUT2D eigenvalue weighted by molar-refractivity contribution is 7.86. The summed E-state index contributed by atoms with van der Waals surface area (Å²) in [6, 6.07) is 13.3. The van der Waals surface area contributed by atoms with Crippen molar-refractivity contribution in [1.82, 2.24) is 13.9 Å². The smallest absolute Gasteiger partial charge is 0.281 e. The number of hydrogen-bond acceptors (Lipinski definition) is 5. The lowest BCUT2D eigenvalue weighted by Gasteiger charge is -2.34.